The fourth-order valence-corrected chi connectivity index (χ4v) is 4.51. The van der Waals surface area contributed by atoms with Crippen molar-refractivity contribution in [3.8, 4) is 11.1 Å². The van der Waals surface area contributed by atoms with Crippen molar-refractivity contribution >= 4 is 22.8 Å². The zero-order chi connectivity index (χ0) is 27.0. The monoisotopic (exact) mass is 520 g/mol. The van der Waals surface area contributed by atoms with E-state index in [1.165, 1.54) is 5.56 Å². The maximum atomic E-state index is 13.1. The van der Waals surface area contributed by atoms with Gasteiger partial charge in [0.15, 0.2) is 0 Å². The molecule has 2 aromatic heterocycles. The highest BCUT2D eigenvalue weighted by atomic mass is 16.4. The van der Waals surface area contributed by atoms with Crippen LogP contribution in [0.2, 0.25) is 0 Å². The molecule has 0 aliphatic carbocycles. The minimum Gasteiger partial charge on any atom is -0.481 e. The zero-order valence-corrected chi connectivity index (χ0v) is 21.3. The Balaban J connectivity index is 1.27. The average Bonchev–Trinajstić information content (AvgIpc) is 3.44. The maximum Gasteiger partial charge on any atom is 0.303 e. The number of carbonyl (C=O) groups is 2. The Morgan fingerprint density at radius 2 is 1.64 bits per heavy atom. The summed E-state index contributed by atoms with van der Waals surface area (Å²) in [6, 6.07) is 26.5. The van der Waals surface area contributed by atoms with E-state index in [2.05, 4.69) is 32.6 Å². The second-order valence-corrected chi connectivity index (χ2v) is 9.28. The van der Waals surface area contributed by atoms with Crippen LogP contribution < -0.4 is 5.32 Å². The summed E-state index contributed by atoms with van der Waals surface area (Å²) in [5.74, 6) is -0.644. The van der Waals surface area contributed by atoms with Crippen LogP contribution in [0.5, 0.6) is 0 Å². The number of pyridine rings is 1. The van der Waals surface area contributed by atoms with E-state index in [1.807, 2.05) is 60.7 Å². The summed E-state index contributed by atoms with van der Waals surface area (Å²) in [7, 11) is 0. The van der Waals surface area contributed by atoms with Crippen molar-refractivity contribution in [2.45, 2.75) is 38.1 Å². The van der Waals surface area contributed by atoms with Gasteiger partial charge in [-0.1, -0.05) is 60.7 Å². The van der Waals surface area contributed by atoms with E-state index in [4.69, 9.17) is 4.42 Å². The van der Waals surface area contributed by atoms with Crippen LogP contribution in [0.25, 0.3) is 22.0 Å². The number of aromatic nitrogens is 3. The number of nitrogens with one attached hydrogen (secondary N) is 1. The standard InChI is InChI=1S/C31H28N4O4/c36-29(37)18-17-27(31-35-34-28(39-31)12-6-9-21-7-2-1-3-8-21)33-30(38)23-15-13-22(14-16-23)24-19-20-32-26-11-5-4-10-25(24)26/h1-5,7-8,10-11,13-16,19-20,27H,6,9,12,17-18H2,(H,33,38)(H,36,37)/t27-/m0/s1. The number of hydrogen-bond acceptors (Lipinski definition) is 6. The number of fused-ring (bicyclic) bond motifs is 1. The number of rotatable bonds is 11. The lowest BCUT2D eigenvalue weighted by atomic mass is 10.00. The Bertz CT molecular complexity index is 1560. The van der Waals surface area contributed by atoms with Crippen LogP contribution in [-0.4, -0.2) is 32.2 Å². The van der Waals surface area contributed by atoms with Crippen molar-refractivity contribution in [1.82, 2.24) is 20.5 Å². The lowest BCUT2D eigenvalue weighted by molar-refractivity contribution is -0.137. The quantitative estimate of drug-likeness (QED) is 0.226. The van der Waals surface area contributed by atoms with Gasteiger partial charge in [-0.25, -0.2) is 0 Å². The van der Waals surface area contributed by atoms with Crippen LogP contribution in [0.4, 0.5) is 0 Å². The van der Waals surface area contributed by atoms with Crippen molar-refractivity contribution in [3.05, 3.63) is 114 Å². The molecule has 0 unspecified atom stereocenters. The Morgan fingerprint density at radius 3 is 2.44 bits per heavy atom. The summed E-state index contributed by atoms with van der Waals surface area (Å²) in [4.78, 5) is 28.8. The second kappa shape index (κ2) is 12.1. The number of hydrogen-bond donors (Lipinski definition) is 2. The predicted molar refractivity (Wildman–Crippen MR) is 147 cm³/mol. The van der Waals surface area contributed by atoms with Crippen LogP contribution >= 0.6 is 0 Å². The third-order valence-electron chi connectivity index (χ3n) is 6.54. The third-order valence-corrected chi connectivity index (χ3v) is 6.54. The molecule has 0 radical (unpaired) electrons. The smallest absolute Gasteiger partial charge is 0.303 e. The number of carboxylic acid groups (broad SMARTS) is 1. The van der Waals surface area contributed by atoms with Crippen molar-refractivity contribution in [2.24, 2.45) is 0 Å². The first-order chi connectivity index (χ1) is 19.1. The normalized spacial score (nSPS) is 11.8. The van der Waals surface area contributed by atoms with Gasteiger partial charge in [0.05, 0.1) is 5.52 Å². The number of amides is 1. The summed E-state index contributed by atoms with van der Waals surface area (Å²) in [5.41, 5.74) is 4.56. The number of aryl methyl sites for hydroxylation is 2. The van der Waals surface area contributed by atoms with Crippen LogP contribution in [0.15, 0.2) is 95.5 Å². The van der Waals surface area contributed by atoms with Gasteiger partial charge in [-0.2, -0.15) is 0 Å². The molecule has 0 saturated carbocycles. The molecule has 8 nitrogen and oxygen atoms in total. The molecule has 39 heavy (non-hydrogen) atoms. The molecule has 1 atom stereocenters. The summed E-state index contributed by atoms with van der Waals surface area (Å²) in [6.07, 6.45) is 4.05. The molecular weight excluding hydrogens is 492 g/mol. The van der Waals surface area contributed by atoms with Gasteiger partial charge >= 0.3 is 5.97 Å². The molecule has 2 N–H and O–H groups in total. The lowest BCUT2D eigenvalue weighted by Gasteiger charge is -2.15. The van der Waals surface area contributed by atoms with E-state index in [-0.39, 0.29) is 24.6 Å². The van der Waals surface area contributed by atoms with Crippen LogP contribution in [0.3, 0.4) is 0 Å². The molecule has 0 bridgehead atoms. The maximum absolute atomic E-state index is 13.1. The van der Waals surface area contributed by atoms with Crippen LogP contribution in [0.1, 0.15) is 53.0 Å². The molecule has 2 heterocycles. The number of carbonyl (C=O) groups excluding carboxylic acids is 1. The molecular formula is C31H28N4O4. The summed E-state index contributed by atoms with van der Waals surface area (Å²) in [5, 5.41) is 21.4. The zero-order valence-electron chi connectivity index (χ0n) is 21.3. The van der Waals surface area contributed by atoms with Crippen molar-refractivity contribution < 1.29 is 19.1 Å². The summed E-state index contributed by atoms with van der Waals surface area (Å²) >= 11 is 0. The van der Waals surface area contributed by atoms with E-state index in [0.717, 1.165) is 34.9 Å². The number of aliphatic carboxylic acids is 1. The van der Waals surface area contributed by atoms with E-state index in [9.17, 15) is 14.7 Å². The Hall–Kier alpha value is -4.85. The molecule has 0 spiro atoms. The van der Waals surface area contributed by atoms with Gasteiger partial charge in [-0.05, 0) is 60.2 Å². The first-order valence-corrected chi connectivity index (χ1v) is 12.9. The molecule has 5 rings (SSSR count). The fourth-order valence-electron chi connectivity index (χ4n) is 4.51. The molecule has 0 aliphatic rings. The van der Waals surface area contributed by atoms with Gasteiger partial charge in [0.2, 0.25) is 11.8 Å². The molecule has 1 amide bonds. The van der Waals surface area contributed by atoms with Crippen molar-refractivity contribution in [1.29, 1.82) is 0 Å². The highest BCUT2D eigenvalue weighted by molar-refractivity contribution is 5.97. The van der Waals surface area contributed by atoms with Crippen molar-refractivity contribution in [2.75, 3.05) is 0 Å². The second-order valence-electron chi connectivity index (χ2n) is 9.28. The number of nitrogens with zero attached hydrogens (tertiary/aromatic N) is 3. The first kappa shape index (κ1) is 25.8. The minimum absolute atomic E-state index is 0.133. The van der Waals surface area contributed by atoms with E-state index >= 15 is 0 Å². The Morgan fingerprint density at radius 1 is 0.872 bits per heavy atom. The minimum atomic E-state index is -0.967. The highest BCUT2D eigenvalue weighted by Crippen LogP contribution is 2.28. The summed E-state index contributed by atoms with van der Waals surface area (Å²) < 4.78 is 5.83. The van der Waals surface area contributed by atoms with Gasteiger partial charge in [0.25, 0.3) is 5.91 Å². The van der Waals surface area contributed by atoms with Crippen LogP contribution in [-0.2, 0) is 17.6 Å². The fraction of sp³-hybridized carbons (Fsp3) is 0.194. The topological polar surface area (TPSA) is 118 Å². The highest BCUT2D eigenvalue weighted by Gasteiger charge is 2.23. The SMILES string of the molecule is O=C(O)CC[C@H](NC(=O)c1ccc(-c2ccnc3ccccc23)cc1)c1nnc(CCCc2ccccc2)o1. The average molecular weight is 521 g/mol. The Labute approximate surface area is 225 Å². The summed E-state index contributed by atoms with van der Waals surface area (Å²) in [6.45, 7) is 0. The third kappa shape index (κ3) is 6.54. The number of carboxylic acids is 1. The first-order valence-electron chi connectivity index (χ1n) is 12.9. The molecule has 196 valence electrons. The molecule has 0 aliphatic heterocycles. The van der Waals surface area contributed by atoms with E-state index < -0.39 is 12.0 Å². The van der Waals surface area contributed by atoms with Gasteiger partial charge in [0.1, 0.15) is 6.04 Å². The van der Waals surface area contributed by atoms with Crippen LogP contribution in [0, 0.1) is 0 Å². The molecule has 0 fully saturated rings. The lowest BCUT2D eigenvalue weighted by Crippen LogP contribution is -2.29. The Kier molecular flexibility index (Phi) is 8.02. The number of benzene rings is 3. The van der Waals surface area contributed by atoms with Gasteiger partial charge in [-0.15, -0.1) is 10.2 Å². The van der Waals surface area contributed by atoms with Gasteiger partial charge in [-0.3, -0.25) is 14.6 Å². The molecule has 3 aromatic carbocycles. The van der Waals surface area contributed by atoms with E-state index in [0.29, 0.717) is 17.9 Å². The van der Waals surface area contributed by atoms with Gasteiger partial charge < -0.3 is 14.8 Å². The predicted octanol–water partition coefficient (Wildman–Crippen LogP) is 5.80. The largest absolute Gasteiger partial charge is 0.481 e. The van der Waals surface area contributed by atoms with E-state index in [1.54, 1.807) is 18.3 Å². The van der Waals surface area contributed by atoms with Gasteiger partial charge in [0, 0.05) is 30.0 Å². The molecule has 5 aromatic rings. The van der Waals surface area contributed by atoms with Crippen molar-refractivity contribution in [3.63, 3.8) is 0 Å². The molecule has 0 saturated heterocycles. The molecule has 8 heteroatoms. The number of para-hydroxylation sites is 1.